The summed E-state index contributed by atoms with van der Waals surface area (Å²) in [4.78, 5) is 12.5. The number of hydrogen-bond acceptors (Lipinski definition) is 4. The maximum atomic E-state index is 13.7. The van der Waals surface area contributed by atoms with Gasteiger partial charge in [-0.15, -0.1) is 0 Å². The lowest BCUT2D eigenvalue weighted by molar-refractivity contribution is -0.137. The summed E-state index contributed by atoms with van der Waals surface area (Å²) in [6.45, 7) is 0.792. The number of rotatable bonds is 8. The third-order valence-electron chi connectivity index (χ3n) is 5.13. The van der Waals surface area contributed by atoms with Crippen LogP contribution in [0.2, 0.25) is 10.0 Å². The molecule has 0 saturated carbocycles. The van der Waals surface area contributed by atoms with Gasteiger partial charge in [0.15, 0.2) is 0 Å². The highest BCUT2D eigenvalue weighted by molar-refractivity contribution is 7.93. The van der Waals surface area contributed by atoms with E-state index in [-0.39, 0.29) is 27.9 Å². The fourth-order valence-electron chi connectivity index (χ4n) is 3.30. The van der Waals surface area contributed by atoms with Gasteiger partial charge in [0.05, 0.1) is 18.4 Å². The van der Waals surface area contributed by atoms with E-state index < -0.39 is 34.2 Å². The second-order valence-corrected chi connectivity index (χ2v) is 10.4. The van der Waals surface area contributed by atoms with E-state index >= 15 is 0 Å². The monoisotopic (exact) mass is 560 g/mol. The van der Waals surface area contributed by atoms with Gasteiger partial charge in [0.2, 0.25) is 5.91 Å². The Morgan fingerprint density at radius 3 is 2.42 bits per heavy atom. The van der Waals surface area contributed by atoms with Gasteiger partial charge in [-0.3, -0.25) is 9.10 Å². The number of nitrogens with one attached hydrogen (secondary N) is 1. The molecular formula is C24H21Cl2F3N2O4S. The van der Waals surface area contributed by atoms with Crippen LogP contribution in [-0.4, -0.2) is 28.0 Å². The fourth-order valence-corrected chi connectivity index (χ4v) is 5.43. The van der Waals surface area contributed by atoms with E-state index in [4.69, 9.17) is 27.9 Å². The number of halogens is 5. The first-order valence-corrected chi connectivity index (χ1v) is 12.6. The van der Waals surface area contributed by atoms with Crippen molar-refractivity contribution in [3.05, 3.63) is 87.4 Å². The minimum Gasteiger partial charge on any atom is -0.495 e. The minimum absolute atomic E-state index is 0.0223. The molecule has 0 fully saturated rings. The summed E-state index contributed by atoms with van der Waals surface area (Å²) in [5.74, 6) is -0.792. The lowest BCUT2D eigenvalue weighted by Gasteiger charge is -2.26. The number of alkyl halides is 3. The van der Waals surface area contributed by atoms with Crippen LogP contribution in [0, 0.1) is 6.92 Å². The summed E-state index contributed by atoms with van der Waals surface area (Å²) < 4.78 is 73.2. The second-order valence-electron chi connectivity index (χ2n) is 7.73. The number of carbonyl (C=O) groups is 1. The molecule has 0 aromatic heterocycles. The largest absolute Gasteiger partial charge is 0.495 e. The first-order chi connectivity index (χ1) is 16.8. The van der Waals surface area contributed by atoms with Gasteiger partial charge in [0, 0.05) is 16.6 Å². The van der Waals surface area contributed by atoms with Crippen molar-refractivity contribution in [1.82, 2.24) is 5.32 Å². The summed E-state index contributed by atoms with van der Waals surface area (Å²) in [5, 5.41) is 3.22. The Bertz CT molecular complexity index is 1380. The van der Waals surface area contributed by atoms with Crippen molar-refractivity contribution in [2.45, 2.75) is 24.5 Å². The molecule has 3 rings (SSSR count). The molecule has 0 bridgehead atoms. The molecule has 1 amide bonds. The molecule has 0 heterocycles. The highest BCUT2D eigenvalue weighted by Crippen LogP contribution is 2.35. The molecule has 0 aliphatic heterocycles. The summed E-state index contributed by atoms with van der Waals surface area (Å²) in [6.07, 6.45) is -4.72. The molecular weight excluding hydrogens is 540 g/mol. The van der Waals surface area contributed by atoms with Crippen molar-refractivity contribution >= 4 is 44.8 Å². The normalized spacial score (nSPS) is 11.8. The molecule has 0 unspecified atom stereocenters. The molecule has 1 N–H and O–H groups in total. The molecule has 12 heteroatoms. The molecule has 0 saturated heterocycles. The van der Waals surface area contributed by atoms with Crippen molar-refractivity contribution in [3.8, 4) is 5.75 Å². The SMILES string of the molecule is COc1ccc(C)cc1S(=O)(=O)N(CC(=O)NCc1ccc(Cl)cc1Cl)c1cccc(C(F)(F)F)c1. The number of nitrogens with zero attached hydrogens (tertiary/aromatic N) is 1. The summed E-state index contributed by atoms with van der Waals surface area (Å²) in [5.41, 5.74) is -0.318. The van der Waals surface area contributed by atoms with Gasteiger partial charge in [0.25, 0.3) is 10.0 Å². The zero-order valence-electron chi connectivity index (χ0n) is 19.1. The maximum Gasteiger partial charge on any atom is 0.416 e. The molecule has 192 valence electrons. The first-order valence-electron chi connectivity index (χ1n) is 10.4. The van der Waals surface area contributed by atoms with Crippen LogP contribution in [-0.2, 0) is 27.5 Å². The third kappa shape index (κ3) is 6.43. The lowest BCUT2D eigenvalue weighted by atomic mass is 10.2. The lowest BCUT2D eigenvalue weighted by Crippen LogP contribution is -2.41. The van der Waals surface area contributed by atoms with Crippen LogP contribution in [0.4, 0.5) is 18.9 Å². The Morgan fingerprint density at radius 2 is 1.78 bits per heavy atom. The van der Waals surface area contributed by atoms with E-state index in [1.54, 1.807) is 25.1 Å². The van der Waals surface area contributed by atoms with E-state index in [0.29, 0.717) is 26.5 Å². The van der Waals surface area contributed by atoms with Gasteiger partial charge in [-0.2, -0.15) is 13.2 Å². The average molecular weight is 561 g/mol. The number of aryl methyl sites for hydroxylation is 1. The molecule has 3 aromatic rings. The molecule has 0 aliphatic rings. The Labute approximate surface area is 216 Å². The Balaban J connectivity index is 2.01. The van der Waals surface area contributed by atoms with Gasteiger partial charge < -0.3 is 10.1 Å². The zero-order valence-corrected chi connectivity index (χ0v) is 21.4. The van der Waals surface area contributed by atoms with Crippen molar-refractivity contribution in [2.75, 3.05) is 18.0 Å². The smallest absolute Gasteiger partial charge is 0.416 e. The molecule has 0 spiro atoms. The minimum atomic E-state index is -4.72. The van der Waals surface area contributed by atoms with Crippen molar-refractivity contribution in [3.63, 3.8) is 0 Å². The van der Waals surface area contributed by atoms with Crippen LogP contribution in [0.1, 0.15) is 16.7 Å². The molecule has 36 heavy (non-hydrogen) atoms. The van der Waals surface area contributed by atoms with Crippen molar-refractivity contribution in [2.24, 2.45) is 0 Å². The topological polar surface area (TPSA) is 75.7 Å². The highest BCUT2D eigenvalue weighted by Gasteiger charge is 2.34. The zero-order chi connectivity index (χ0) is 26.7. The Morgan fingerprint density at radius 1 is 1.06 bits per heavy atom. The highest BCUT2D eigenvalue weighted by atomic mass is 35.5. The number of methoxy groups -OCH3 is 1. The van der Waals surface area contributed by atoms with Crippen LogP contribution in [0.25, 0.3) is 0 Å². The van der Waals surface area contributed by atoms with Gasteiger partial charge in [0.1, 0.15) is 17.2 Å². The quantitative estimate of drug-likeness (QED) is 0.375. The van der Waals surface area contributed by atoms with E-state index in [9.17, 15) is 26.4 Å². The van der Waals surface area contributed by atoms with E-state index in [1.807, 2.05) is 0 Å². The summed E-state index contributed by atoms with van der Waals surface area (Å²) in [6, 6.07) is 12.7. The van der Waals surface area contributed by atoms with Crippen LogP contribution in [0.15, 0.2) is 65.6 Å². The predicted octanol–water partition coefficient (Wildman–Crippen LogP) is 5.84. The summed E-state index contributed by atoms with van der Waals surface area (Å²) in [7, 11) is -3.27. The van der Waals surface area contributed by atoms with Crippen LogP contribution < -0.4 is 14.4 Å². The number of sulfonamides is 1. The Hall–Kier alpha value is -2.95. The summed E-state index contributed by atoms with van der Waals surface area (Å²) >= 11 is 12.0. The molecule has 0 radical (unpaired) electrons. The average Bonchev–Trinajstić information content (AvgIpc) is 2.81. The van der Waals surface area contributed by atoms with Crippen LogP contribution >= 0.6 is 23.2 Å². The number of amides is 1. The van der Waals surface area contributed by atoms with Gasteiger partial charge in [-0.1, -0.05) is 41.4 Å². The maximum absolute atomic E-state index is 13.7. The van der Waals surface area contributed by atoms with Gasteiger partial charge in [-0.05, 0) is 60.5 Å². The molecule has 0 aliphatic carbocycles. The van der Waals surface area contributed by atoms with Crippen molar-refractivity contribution in [1.29, 1.82) is 0 Å². The molecule has 6 nitrogen and oxygen atoms in total. The van der Waals surface area contributed by atoms with E-state index in [0.717, 1.165) is 12.1 Å². The third-order valence-corrected chi connectivity index (χ3v) is 7.51. The van der Waals surface area contributed by atoms with E-state index in [1.165, 1.54) is 31.4 Å². The van der Waals surface area contributed by atoms with Crippen LogP contribution in [0.3, 0.4) is 0 Å². The number of carbonyl (C=O) groups excluding carboxylic acids is 1. The predicted molar refractivity (Wildman–Crippen MR) is 132 cm³/mol. The fraction of sp³-hybridized carbons (Fsp3) is 0.208. The van der Waals surface area contributed by atoms with Gasteiger partial charge >= 0.3 is 6.18 Å². The standard InChI is InChI=1S/C24H21Cl2F3N2O4S/c1-15-6-9-21(35-2)22(10-15)36(33,34)31(19-5-3-4-17(11-19)24(27,28)29)14-23(32)30-13-16-7-8-18(25)12-20(16)26/h3-12H,13-14H2,1-2H3,(H,30,32). The van der Waals surface area contributed by atoms with E-state index in [2.05, 4.69) is 5.32 Å². The van der Waals surface area contributed by atoms with Crippen LogP contribution in [0.5, 0.6) is 5.75 Å². The first kappa shape index (κ1) is 27.6. The molecule has 0 atom stereocenters. The number of benzene rings is 3. The Kier molecular flexibility index (Phi) is 8.43. The second kappa shape index (κ2) is 11.0. The molecule has 3 aromatic carbocycles. The number of hydrogen-bond donors (Lipinski definition) is 1. The van der Waals surface area contributed by atoms with Crippen molar-refractivity contribution < 1.29 is 31.1 Å². The number of anilines is 1. The number of ether oxygens (including phenoxy) is 1. The van der Waals surface area contributed by atoms with Gasteiger partial charge in [-0.25, -0.2) is 8.42 Å².